The maximum absolute atomic E-state index is 13.1. The lowest BCUT2D eigenvalue weighted by molar-refractivity contribution is 0.142. The van der Waals surface area contributed by atoms with E-state index in [1.807, 2.05) is 0 Å². The van der Waals surface area contributed by atoms with Gasteiger partial charge in [-0.25, -0.2) is 9.18 Å². The number of nitrogens with one attached hydrogen (secondary N) is 1. The van der Waals surface area contributed by atoms with E-state index < -0.39 is 0 Å². The Labute approximate surface area is 166 Å². The Hall–Kier alpha value is -2.93. The van der Waals surface area contributed by atoms with Crippen LogP contribution in [0.2, 0.25) is 5.02 Å². The van der Waals surface area contributed by atoms with Gasteiger partial charge in [0.25, 0.3) is 0 Å². The molecule has 0 radical (unpaired) electrons. The SMILES string of the molecule is O=C(Nc1cccc(Cl)c1)N1CCCC[C@H]1c1nc(-c2ccc(F)cc2)no1. The Morgan fingerprint density at radius 3 is 2.82 bits per heavy atom. The lowest BCUT2D eigenvalue weighted by atomic mass is 10.0. The molecule has 3 aromatic rings. The molecule has 2 heterocycles. The summed E-state index contributed by atoms with van der Waals surface area (Å²) in [5.74, 6) is 0.416. The Bertz CT molecular complexity index is 976. The molecule has 0 unspecified atom stereocenters. The summed E-state index contributed by atoms with van der Waals surface area (Å²) >= 11 is 5.99. The van der Waals surface area contributed by atoms with Gasteiger partial charge in [0.1, 0.15) is 11.9 Å². The van der Waals surface area contributed by atoms with E-state index in [1.165, 1.54) is 12.1 Å². The molecule has 1 aliphatic rings. The number of benzene rings is 2. The molecule has 28 heavy (non-hydrogen) atoms. The highest BCUT2D eigenvalue weighted by atomic mass is 35.5. The fourth-order valence-corrected chi connectivity index (χ4v) is 3.47. The number of piperidine rings is 1. The van der Waals surface area contributed by atoms with E-state index >= 15 is 0 Å². The third kappa shape index (κ3) is 3.99. The van der Waals surface area contributed by atoms with E-state index in [0.717, 1.165) is 19.3 Å². The van der Waals surface area contributed by atoms with Crippen LogP contribution in [0.25, 0.3) is 11.4 Å². The van der Waals surface area contributed by atoms with Crippen molar-refractivity contribution in [1.82, 2.24) is 15.0 Å². The molecule has 1 atom stereocenters. The standard InChI is InChI=1S/C20H18ClFN4O2/c21-14-4-3-5-16(12-14)23-20(27)26-11-2-1-6-17(26)19-24-18(25-28-19)13-7-9-15(22)10-8-13/h3-5,7-10,12,17H,1-2,6,11H2,(H,23,27)/t17-/m0/s1. The number of urea groups is 1. The van der Waals surface area contributed by atoms with Crippen molar-refractivity contribution in [3.63, 3.8) is 0 Å². The van der Waals surface area contributed by atoms with Gasteiger partial charge < -0.3 is 14.7 Å². The van der Waals surface area contributed by atoms with Gasteiger partial charge in [-0.1, -0.05) is 22.8 Å². The number of hydrogen-bond acceptors (Lipinski definition) is 4. The van der Waals surface area contributed by atoms with E-state index in [1.54, 1.807) is 41.3 Å². The maximum Gasteiger partial charge on any atom is 0.322 e. The summed E-state index contributed by atoms with van der Waals surface area (Å²) in [6.45, 7) is 0.589. The third-order valence-corrected chi connectivity index (χ3v) is 4.90. The molecule has 6 nitrogen and oxygen atoms in total. The zero-order chi connectivity index (χ0) is 19.5. The van der Waals surface area contributed by atoms with Crippen LogP contribution in [0.15, 0.2) is 53.1 Å². The van der Waals surface area contributed by atoms with Gasteiger partial charge >= 0.3 is 6.03 Å². The van der Waals surface area contributed by atoms with Crippen molar-refractivity contribution >= 4 is 23.3 Å². The van der Waals surface area contributed by atoms with Crippen molar-refractivity contribution in [3.8, 4) is 11.4 Å². The molecule has 1 aliphatic heterocycles. The molecule has 1 fully saturated rings. The van der Waals surface area contributed by atoms with Crippen LogP contribution in [-0.4, -0.2) is 27.6 Å². The topological polar surface area (TPSA) is 71.3 Å². The molecular formula is C20H18ClFN4O2. The van der Waals surface area contributed by atoms with E-state index in [4.69, 9.17) is 16.1 Å². The second kappa shape index (κ2) is 7.98. The molecule has 0 aliphatic carbocycles. The summed E-state index contributed by atoms with van der Waals surface area (Å²) in [6, 6.07) is 12.3. The Morgan fingerprint density at radius 2 is 2.04 bits per heavy atom. The van der Waals surface area contributed by atoms with Gasteiger partial charge in [0.2, 0.25) is 11.7 Å². The van der Waals surface area contributed by atoms with Gasteiger partial charge in [0.15, 0.2) is 0 Å². The van der Waals surface area contributed by atoms with Gasteiger partial charge in [-0.05, 0) is 61.7 Å². The molecule has 2 aromatic carbocycles. The van der Waals surface area contributed by atoms with E-state index in [9.17, 15) is 9.18 Å². The summed E-state index contributed by atoms with van der Waals surface area (Å²) in [5, 5.41) is 7.41. The van der Waals surface area contributed by atoms with Gasteiger partial charge in [0, 0.05) is 22.8 Å². The zero-order valence-electron chi connectivity index (χ0n) is 14.9. The summed E-state index contributed by atoms with van der Waals surface area (Å²) in [4.78, 5) is 19.0. The Kier molecular flexibility index (Phi) is 5.25. The molecule has 0 saturated carbocycles. The zero-order valence-corrected chi connectivity index (χ0v) is 15.7. The van der Waals surface area contributed by atoms with Crippen LogP contribution in [0.4, 0.5) is 14.9 Å². The normalized spacial score (nSPS) is 16.8. The summed E-state index contributed by atoms with van der Waals surface area (Å²) in [5.41, 5.74) is 1.28. The molecule has 8 heteroatoms. The number of aromatic nitrogens is 2. The van der Waals surface area contributed by atoms with Crippen molar-refractivity contribution in [2.45, 2.75) is 25.3 Å². The molecular weight excluding hydrogens is 383 g/mol. The summed E-state index contributed by atoms with van der Waals surface area (Å²) in [6.07, 6.45) is 2.59. The van der Waals surface area contributed by atoms with Crippen LogP contribution in [-0.2, 0) is 0 Å². The number of hydrogen-bond donors (Lipinski definition) is 1. The first-order valence-corrected chi connectivity index (χ1v) is 9.41. The lowest BCUT2D eigenvalue weighted by Gasteiger charge is -2.33. The van der Waals surface area contributed by atoms with Crippen LogP contribution in [0.1, 0.15) is 31.2 Å². The number of likely N-dealkylation sites (tertiary alicyclic amines) is 1. The maximum atomic E-state index is 13.1. The first-order chi connectivity index (χ1) is 13.6. The fourth-order valence-electron chi connectivity index (χ4n) is 3.28. The van der Waals surface area contributed by atoms with Crippen LogP contribution >= 0.6 is 11.6 Å². The number of anilines is 1. The molecule has 4 rings (SSSR count). The van der Waals surface area contributed by atoms with E-state index in [2.05, 4.69) is 15.5 Å². The van der Waals surface area contributed by atoms with Crippen LogP contribution in [0.5, 0.6) is 0 Å². The second-order valence-corrected chi connectivity index (χ2v) is 7.05. The van der Waals surface area contributed by atoms with Gasteiger partial charge in [-0.15, -0.1) is 0 Å². The highest BCUT2D eigenvalue weighted by Crippen LogP contribution is 2.32. The molecule has 0 bridgehead atoms. The molecule has 144 valence electrons. The highest BCUT2D eigenvalue weighted by Gasteiger charge is 2.32. The first kappa shape index (κ1) is 18.4. The van der Waals surface area contributed by atoms with Crippen LogP contribution in [0.3, 0.4) is 0 Å². The number of halogens is 2. The van der Waals surface area contributed by atoms with Crippen LogP contribution in [0, 0.1) is 5.82 Å². The quantitative estimate of drug-likeness (QED) is 0.648. The molecule has 1 aromatic heterocycles. The fraction of sp³-hybridized carbons (Fsp3) is 0.250. The van der Waals surface area contributed by atoms with Gasteiger partial charge in [-0.3, -0.25) is 0 Å². The minimum absolute atomic E-state index is 0.242. The average molecular weight is 401 g/mol. The van der Waals surface area contributed by atoms with Crippen molar-refractivity contribution in [2.24, 2.45) is 0 Å². The van der Waals surface area contributed by atoms with Gasteiger partial charge in [0.05, 0.1) is 0 Å². The lowest BCUT2D eigenvalue weighted by Crippen LogP contribution is -2.41. The van der Waals surface area contributed by atoms with Crippen molar-refractivity contribution < 1.29 is 13.7 Å². The molecule has 0 spiro atoms. The molecule has 2 amide bonds. The third-order valence-electron chi connectivity index (χ3n) is 4.67. The second-order valence-electron chi connectivity index (χ2n) is 6.61. The molecule has 1 N–H and O–H groups in total. The number of rotatable bonds is 3. The number of carbonyl (C=O) groups excluding carboxylic acids is 1. The Balaban J connectivity index is 1.54. The van der Waals surface area contributed by atoms with E-state index in [0.29, 0.717) is 34.5 Å². The monoisotopic (exact) mass is 400 g/mol. The number of nitrogens with zero attached hydrogens (tertiary/aromatic N) is 3. The smallest absolute Gasteiger partial charge is 0.322 e. The van der Waals surface area contributed by atoms with Crippen molar-refractivity contribution in [3.05, 3.63) is 65.3 Å². The Morgan fingerprint density at radius 1 is 1.21 bits per heavy atom. The van der Waals surface area contributed by atoms with Crippen molar-refractivity contribution in [2.75, 3.05) is 11.9 Å². The predicted octanol–water partition coefficient (Wildman–Crippen LogP) is 5.29. The van der Waals surface area contributed by atoms with Gasteiger partial charge in [-0.2, -0.15) is 4.98 Å². The minimum atomic E-state index is -0.330. The largest absolute Gasteiger partial charge is 0.337 e. The average Bonchev–Trinajstić information content (AvgIpc) is 3.18. The number of carbonyl (C=O) groups is 1. The van der Waals surface area contributed by atoms with E-state index in [-0.39, 0.29) is 17.9 Å². The minimum Gasteiger partial charge on any atom is -0.337 e. The highest BCUT2D eigenvalue weighted by molar-refractivity contribution is 6.30. The van der Waals surface area contributed by atoms with Crippen molar-refractivity contribution in [1.29, 1.82) is 0 Å². The summed E-state index contributed by atoms with van der Waals surface area (Å²) < 4.78 is 18.6. The first-order valence-electron chi connectivity index (χ1n) is 9.03. The molecule has 1 saturated heterocycles. The predicted molar refractivity (Wildman–Crippen MR) is 103 cm³/mol. The summed E-state index contributed by atoms with van der Waals surface area (Å²) in [7, 11) is 0. The number of amides is 2. The van der Waals surface area contributed by atoms with Crippen LogP contribution < -0.4 is 5.32 Å².